The topological polar surface area (TPSA) is 52.6 Å². The van der Waals surface area contributed by atoms with Gasteiger partial charge < -0.3 is 15.3 Å². The van der Waals surface area contributed by atoms with Crippen LogP contribution in [0.5, 0.6) is 0 Å². The molecule has 4 nitrogen and oxygen atoms in total. The van der Waals surface area contributed by atoms with Crippen LogP contribution in [-0.4, -0.2) is 36.2 Å². The lowest BCUT2D eigenvalue weighted by molar-refractivity contribution is 0.202. The van der Waals surface area contributed by atoms with Crippen LogP contribution in [0, 0.1) is 11.8 Å². The predicted octanol–water partition coefficient (Wildman–Crippen LogP) is 2.54. The van der Waals surface area contributed by atoms with Gasteiger partial charge in [0.1, 0.15) is 0 Å². The molecule has 2 N–H and O–H groups in total. The number of rotatable bonds is 3. The molecular formula is C18H18N2O2. The van der Waals surface area contributed by atoms with Crippen molar-refractivity contribution in [3.05, 3.63) is 65.7 Å². The van der Waals surface area contributed by atoms with Crippen LogP contribution in [0.25, 0.3) is 0 Å². The molecule has 0 fully saturated rings. The van der Waals surface area contributed by atoms with Gasteiger partial charge in [-0.25, -0.2) is 4.79 Å². The summed E-state index contributed by atoms with van der Waals surface area (Å²) in [6.45, 7) is 0.228. The Labute approximate surface area is 130 Å². The zero-order valence-electron chi connectivity index (χ0n) is 12.4. The number of anilines is 1. The highest BCUT2D eigenvalue weighted by Crippen LogP contribution is 2.10. The number of aliphatic hydroxyl groups is 1. The summed E-state index contributed by atoms with van der Waals surface area (Å²) < 4.78 is 0. The summed E-state index contributed by atoms with van der Waals surface area (Å²) in [4.78, 5) is 13.3. The molecule has 0 heterocycles. The summed E-state index contributed by atoms with van der Waals surface area (Å²) in [6, 6.07) is 16.8. The van der Waals surface area contributed by atoms with Gasteiger partial charge in [-0.1, -0.05) is 36.1 Å². The van der Waals surface area contributed by atoms with Crippen molar-refractivity contribution in [1.82, 2.24) is 4.90 Å². The Kier molecular flexibility index (Phi) is 5.58. The molecule has 2 amide bonds. The van der Waals surface area contributed by atoms with Crippen molar-refractivity contribution >= 4 is 11.7 Å². The summed E-state index contributed by atoms with van der Waals surface area (Å²) in [7, 11) is 1.63. The van der Waals surface area contributed by atoms with Crippen LogP contribution >= 0.6 is 0 Å². The van der Waals surface area contributed by atoms with E-state index in [9.17, 15) is 4.79 Å². The second-order valence-electron chi connectivity index (χ2n) is 4.77. The lowest BCUT2D eigenvalue weighted by atomic mass is 10.1. The van der Waals surface area contributed by atoms with Gasteiger partial charge in [-0.3, -0.25) is 0 Å². The number of amides is 2. The van der Waals surface area contributed by atoms with Crippen LogP contribution in [0.3, 0.4) is 0 Å². The first kappa shape index (κ1) is 15.6. The Hall–Kier alpha value is -2.77. The first-order valence-electron chi connectivity index (χ1n) is 6.99. The highest BCUT2D eigenvalue weighted by Gasteiger charge is 2.07. The highest BCUT2D eigenvalue weighted by molar-refractivity contribution is 5.89. The maximum atomic E-state index is 11.9. The molecule has 0 aromatic heterocycles. The Morgan fingerprint density at radius 2 is 1.77 bits per heavy atom. The first-order valence-corrected chi connectivity index (χ1v) is 6.99. The molecule has 0 unspecified atom stereocenters. The predicted molar refractivity (Wildman–Crippen MR) is 87.6 cm³/mol. The molecular weight excluding hydrogens is 276 g/mol. The maximum Gasteiger partial charge on any atom is 0.321 e. The normalized spacial score (nSPS) is 9.55. The summed E-state index contributed by atoms with van der Waals surface area (Å²) in [5, 5.41) is 11.6. The Morgan fingerprint density at radius 3 is 2.50 bits per heavy atom. The highest BCUT2D eigenvalue weighted by atomic mass is 16.3. The number of nitrogens with zero attached hydrogens (tertiary/aromatic N) is 1. The minimum Gasteiger partial charge on any atom is -0.395 e. The second-order valence-corrected chi connectivity index (χ2v) is 4.77. The van der Waals surface area contributed by atoms with Gasteiger partial charge in [-0.2, -0.15) is 0 Å². The number of hydrogen-bond donors (Lipinski definition) is 2. The summed E-state index contributed by atoms with van der Waals surface area (Å²) in [5.74, 6) is 6.15. The molecule has 22 heavy (non-hydrogen) atoms. The monoisotopic (exact) mass is 294 g/mol. The van der Waals surface area contributed by atoms with E-state index in [1.165, 1.54) is 4.90 Å². The van der Waals surface area contributed by atoms with E-state index in [4.69, 9.17) is 5.11 Å². The number of urea groups is 1. The number of nitrogens with one attached hydrogen (secondary N) is 1. The molecule has 0 spiro atoms. The molecule has 112 valence electrons. The van der Waals surface area contributed by atoms with Crippen molar-refractivity contribution in [2.24, 2.45) is 0 Å². The zero-order valence-corrected chi connectivity index (χ0v) is 12.4. The molecule has 0 saturated heterocycles. The summed E-state index contributed by atoms with van der Waals surface area (Å²) >= 11 is 0. The van der Waals surface area contributed by atoms with Gasteiger partial charge in [-0.15, -0.1) is 0 Å². The van der Waals surface area contributed by atoms with Gasteiger partial charge in [0, 0.05) is 30.4 Å². The molecule has 0 aliphatic carbocycles. The van der Waals surface area contributed by atoms with Crippen LogP contribution in [0.15, 0.2) is 54.6 Å². The van der Waals surface area contributed by atoms with Crippen LogP contribution in [0.4, 0.5) is 10.5 Å². The van der Waals surface area contributed by atoms with E-state index in [0.717, 1.165) is 11.1 Å². The van der Waals surface area contributed by atoms with E-state index in [1.807, 2.05) is 48.5 Å². The molecule has 0 bridgehead atoms. The minimum absolute atomic E-state index is 0.0630. The fourth-order valence-corrected chi connectivity index (χ4v) is 1.81. The lowest BCUT2D eigenvalue weighted by Gasteiger charge is -2.16. The van der Waals surface area contributed by atoms with E-state index < -0.39 is 0 Å². The van der Waals surface area contributed by atoms with Crippen molar-refractivity contribution in [3.8, 4) is 11.8 Å². The van der Waals surface area contributed by atoms with Gasteiger partial charge in [0.05, 0.1) is 6.61 Å². The molecule has 2 aromatic carbocycles. The number of hydrogen-bond acceptors (Lipinski definition) is 2. The third-order valence-electron chi connectivity index (χ3n) is 3.02. The summed E-state index contributed by atoms with van der Waals surface area (Å²) in [5.41, 5.74) is 2.45. The second kappa shape index (κ2) is 7.87. The number of likely N-dealkylation sites (N-methyl/N-ethyl adjacent to an activating group) is 1. The molecule has 0 atom stereocenters. The van der Waals surface area contributed by atoms with Crippen LogP contribution in [0.2, 0.25) is 0 Å². The van der Waals surface area contributed by atoms with Crippen molar-refractivity contribution < 1.29 is 9.90 Å². The van der Waals surface area contributed by atoms with Gasteiger partial charge in [0.2, 0.25) is 0 Å². The standard InChI is InChI=1S/C18H18N2O2/c1-20(12-13-21)18(22)19-17-9-5-8-16(14-17)11-10-15-6-3-2-4-7-15/h2-9,14,21H,12-13H2,1H3,(H,19,22). The quantitative estimate of drug-likeness (QED) is 0.855. The van der Waals surface area contributed by atoms with Crippen molar-refractivity contribution in [3.63, 3.8) is 0 Å². The Bertz CT molecular complexity index is 687. The van der Waals surface area contributed by atoms with E-state index in [2.05, 4.69) is 17.2 Å². The fourth-order valence-electron chi connectivity index (χ4n) is 1.81. The van der Waals surface area contributed by atoms with Gasteiger partial charge in [0.15, 0.2) is 0 Å². The number of carbonyl (C=O) groups is 1. The van der Waals surface area contributed by atoms with Crippen LogP contribution in [0.1, 0.15) is 11.1 Å². The van der Waals surface area contributed by atoms with Gasteiger partial charge in [-0.05, 0) is 30.3 Å². The zero-order chi connectivity index (χ0) is 15.8. The molecule has 0 aliphatic heterocycles. The van der Waals surface area contributed by atoms with E-state index >= 15 is 0 Å². The Balaban J connectivity index is 2.08. The average molecular weight is 294 g/mol. The SMILES string of the molecule is CN(CCO)C(=O)Nc1cccc(C#Cc2ccccc2)c1. The van der Waals surface area contributed by atoms with Crippen molar-refractivity contribution in [1.29, 1.82) is 0 Å². The third kappa shape index (κ3) is 4.65. The molecule has 0 radical (unpaired) electrons. The summed E-state index contributed by atoms with van der Waals surface area (Å²) in [6.07, 6.45) is 0. The molecule has 2 rings (SSSR count). The molecule has 4 heteroatoms. The third-order valence-corrected chi connectivity index (χ3v) is 3.02. The largest absolute Gasteiger partial charge is 0.395 e. The average Bonchev–Trinajstić information content (AvgIpc) is 2.54. The van der Waals surface area contributed by atoms with Crippen molar-refractivity contribution in [2.75, 3.05) is 25.5 Å². The molecule has 0 saturated carbocycles. The van der Waals surface area contributed by atoms with Crippen LogP contribution in [-0.2, 0) is 0 Å². The molecule has 0 aliphatic rings. The van der Waals surface area contributed by atoms with E-state index in [-0.39, 0.29) is 12.6 Å². The maximum absolute atomic E-state index is 11.9. The van der Waals surface area contributed by atoms with Gasteiger partial charge in [0.25, 0.3) is 0 Å². The first-order chi connectivity index (χ1) is 10.7. The van der Waals surface area contributed by atoms with Crippen LogP contribution < -0.4 is 5.32 Å². The fraction of sp³-hybridized carbons (Fsp3) is 0.167. The Morgan fingerprint density at radius 1 is 1.09 bits per heavy atom. The van der Waals surface area contributed by atoms with Crippen molar-refractivity contribution in [2.45, 2.75) is 0 Å². The van der Waals surface area contributed by atoms with E-state index in [0.29, 0.717) is 12.2 Å². The molecule has 2 aromatic rings. The number of carbonyl (C=O) groups excluding carboxylic acids is 1. The minimum atomic E-state index is -0.262. The smallest absolute Gasteiger partial charge is 0.321 e. The van der Waals surface area contributed by atoms with E-state index in [1.54, 1.807) is 13.1 Å². The number of aliphatic hydroxyl groups excluding tert-OH is 1. The van der Waals surface area contributed by atoms with Gasteiger partial charge >= 0.3 is 6.03 Å². The number of benzene rings is 2. The lowest BCUT2D eigenvalue weighted by Crippen LogP contribution is -2.33.